The molecule has 1 fully saturated rings. The average Bonchev–Trinajstić information content (AvgIpc) is 2.95. The molecule has 0 radical (unpaired) electrons. The van der Waals surface area contributed by atoms with Crippen molar-refractivity contribution in [3.63, 3.8) is 0 Å². The normalized spacial score (nSPS) is 20.6. The Morgan fingerprint density at radius 2 is 2.15 bits per heavy atom. The molecule has 0 spiro atoms. The van der Waals surface area contributed by atoms with Gasteiger partial charge in [0.25, 0.3) is 0 Å². The molecule has 1 aromatic carbocycles. The number of rotatable bonds is 5. The van der Waals surface area contributed by atoms with E-state index in [1.807, 2.05) is 0 Å². The van der Waals surface area contributed by atoms with Crippen LogP contribution in [0.4, 0.5) is 4.39 Å². The predicted octanol–water partition coefficient (Wildman–Crippen LogP) is 1.78. The van der Waals surface area contributed by atoms with Gasteiger partial charge in [-0.3, -0.25) is 0 Å². The highest BCUT2D eigenvalue weighted by Gasteiger charge is 2.45. The smallest absolute Gasteiger partial charge is 0.240 e. The molecule has 0 saturated heterocycles. The largest absolute Gasteiger partial charge is 0.389 e. The molecule has 1 unspecified atom stereocenters. The van der Waals surface area contributed by atoms with Crippen molar-refractivity contribution in [2.75, 3.05) is 6.54 Å². The van der Waals surface area contributed by atoms with Crippen LogP contribution in [0.2, 0.25) is 0 Å². The molecule has 1 atom stereocenters. The minimum absolute atomic E-state index is 0.0276. The minimum atomic E-state index is -3.67. The maximum atomic E-state index is 13.5. The van der Waals surface area contributed by atoms with Gasteiger partial charge in [0.15, 0.2) is 0 Å². The first-order valence-corrected chi connectivity index (χ1v) is 8.12. The second-order valence-electron chi connectivity index (χ2n) is 5.75. The van der Waals surface area contributed by atoms with Gasteiger partial charge in [0.05, 0.1) is 4.90 Å². The lowest BCUT2D eigenvalue weighted by molar-refractivity contribution is 0.537. The number of nitrogens with two attached hydrogens (primary N) is 1. The Morgan fingerprint density at radius 3 is 2.65 bits per heavy atom. The molecule has 0 heterocycles. The fourth-order valence-corrected chi connectivity index (χ4v) is 3.34. The molecular weight excluding hydrogens is 299 g/mol. The molecule has 1 saturated carbocycles. The minimum Gasteiger partial charge on any atom is -0.389 e. The molecule has 1 aliphatic rings. The molecule has 110 valence electrons. The lowest BCUT2D eigenvalue weighted by Crippen LogP contribution is -2.27. The zero-order valence-electron chi connectivity index (χ0n) is 11.3. The molecule has 2 rings (SSSR count). The summed E-state index contributed by atoms with van der Waals surface area (Å²) >= 11 is 4.70. The Kier molecular flexibility index (Phi) is 3.88. The third kappa shape index (κ3) is 3.16. The van der Waals surface area contributed by atoms with E-state index in [1.54, 1.807) is 0 Å². The fourth-order valence-electron chi connectivity index (χ4n) is 2.08. The molecule has 1 aliphatic carbocycles. The Labute approximate surface area is 123 Å². The summed E-state index contributed by atoms with van der Waals surface area (Å²) in [6.07, 6.45) is 0.997. The summed E-state index contributed by atoms with van der Waals surface area (Å²) in [5.74, 6) is -0.285. The number of hydrogen-bond donors (Lipinski definition) is 2. The van der Waals surface area contributed by atoms with Crippen molar-refractivity contribution < 1.29 is 12.8 Å². The second kappa shape index (κ2) is 5.05. The standard InChI is InChI=1S/C13H17FN2O2S2/c1-13(2)6-8(13)7-16-20(17,18)9-3-4-11(14)10(5-9)12(15)19/h3-5,8,16H,6-7H2,1-2H3,(H2,15,19). The molecule has 0 amide bonds. The molecule has 0 bridgehead atoms. The van der Waals surface area contributed by atoms with Gasteiger partial charge < -0.3 is 5.73 Å². The van der Waals surface area contributed by atoms with Crippen LogP contribution in [-0.2, 0) is 10.0 Å². The van der Waals surface area contributed by atoms with Gasteiger partial charge in [-0.15, -0.1) is 0 Å². The van der Waals surface area contributed by atoms with Crippen LogP contribution in [0.15, 0.2) is 23.1 Å². The summed E-state index contributed by atoms with van der Waals surface area (Å²) in [6.45, 7) is 4.57. The first-order chi connectivity index (χ1) is 9.13. The van der Waals surface area contributed by atoms with Crippen molar-refractivity contribution in [3.8, 4) is 0 Å². The molecule has 0 aromatic heterocycles. The van der Waals surface area contributed by atoms with Crippen molar-refractivity contribution >= 4 is 27.2 Å². The molecular formula is C13H17FN2O2S2. The lowest BCUT2D eigenvalue weighted by Gasteiger charge is -2.09. The summed E-state index contributed by atoms with van der Waals surface area (Å²) in [4.78, 5) is -0.192. The summed E-state index contributed by atoms with van der Waals surface area (Å²) in [6, 6.07) is 3.43. The fraction of sp³-hybridized carbons (Fsp3) is 0.462. The van der Waals surface area contributed by atoms with Gasteiger partial charge in [-0.25, -0.2) is 17.5 Å². The number of sulfonamides is 1. The van der Waals surface area contributed by atoms with Gasteiger partial charge in [-0.2, -0.15) is 0 Å². The van der Waals surface area contributed by atoms with E-state index in [9.17, 15) is 12.8 Å². The number of thiocarbonyl (C=S) groups is 1. The maximum Gasteiger partial charge on any atom is 0.240 e. The molecule has 4 nitrogen and oxygen atoms in total. The van der Waals surface area contributed by atoms with Crippen LogP contribution in [0.1, 0.15) is 25.8 Å². The van der Waals surface area contributed by atoms with Crippen LogP contribution in [0.5, 0.6) is 0 Å². The number of nitrogens with one attached hydrogen (secondary N) is 1. The van der Waals surface area contributed by atoms with Gasteiger partial charge in [0.2, 0.25) is 10.0 Å². The van der Waals surface area contributed by atoms with Crippen molar-refractivity contribution in [2.45, 2.75) is 25.2 Å². The quantitative estimate of drug-likeness (QED) is 0.812. The lowest BCUT2D eigenvalue weighted by atomic mass is 10.1. The topological polar surface area (TPSA) is 72.2 Å². The average molecular weight is 316 g/mol. The highest BCUT2D eigenvalue weighted by atomic mass is 32.2. The molecule has 1 aromatic rings. The Balaban J connectivity index is 2.17. The van der Waals surface area contributed by atoms with Crippen LogP contribution >= 0.6 is 12.2 Å². The van der Waals surface area contributed by atoms with Crippen molar-refractivity contribution in [1.29, 1.82) is 0 Å². The van der Waals surface area contributed by atoms with Crippen molar-refractivity contribution in [1.82, 2.24) is 4.72 Å². The third-order valence-electron chi connectivity index (χ3n) is 3.75. The van der Waals surface area contributed by atoms with Crippen LogP contribution in [0.3, 0.4) is 0 Å². The van der Waals surface area contributed by atoms with Gasteiger partial charge in [0.1, 0.15) is 10.8 Å². The zero-order chi connectivity index (χ0) is 15.1. The second-order valence-corrected chi connectivity index (χ2v) is 7.95. The predicted molar refractivity (Wildman–Crippen MR) is 79.4 cm³/mol. The van der Waals surface area contributed by atoms with Crippen LogP contribution in [0.25, 0.3) is 0 Å². The van der Waals surface area contributed by atoms with E-state index >= 15 is 0 Å². The summed E-state index contributed by atoms with van der Waals surface area (Å²) in [7, 11) is -3.67. The summed E-state index contributed by atoms with van der Waals surface area (Å²) < 4.78 is 40.3. The van der Waals surface area contributed by atoms with Gasteiger partial charge in [-0.1, -0.05) is 26.1 Å². The molecule has 7 heteroatoms. The third-order valence-corrected chi connectivity index (χ3v) is 5.39. The Bertz CT molecular complexity index is 656. The first-order valence-electron chi connectivity index (χ1n) is 6.22. The van der Waals surface area contributed by atoms with E-state index in [1.165, 1.54) is 6.07 Å². The van der Waals surface area contributed by atoms with Crippen LogP contribution in [0, 0.1) is 17.2 Å². The number of benzene rings is 1. The van der Waals surface area contributed by atoms with Crippen LogP contribution < -0.4 is 10.5 Å². The van der Waals surface area contributed by atoms with Crippen molar-refractivity contribution in [2.24, 2.45) is 17.1 Å². The van der Waals surface area contributed by atoms with Gasteiger partial charge >= 0.3 is 0 Å². The maximum absolute atomic E-state index is 13.5. The highest BCUT2D eigenvalue weighted by Crippen LogP contribution is 2.51. The van der Waals surface area contributed by atoms with E-state index in [-0.39, 0.29) is 20.9 Å². The van der Waals surface area contributed by atoms with Gasteiger partial charge in [-0.05, 0) is 36.0 Å². The van der Waals surface area contributed by atoms with E-state index in [2.05, 4.69) is 18.6 Å². The Hall–Kier alpha value is -1.05. The highest BCUT2D eigenvalue weighted by molar-refractivity contribution is 7.89. The number of halogens is 1. The Morgan fingerprint density at radius 1 is 1.55 bits per heavy atom. The van der Waals surface area contributed by atoms with E-state index in [0.717, 1.165) is 18.6 Å². The van der Waals surface area contributed by atoms with E-state index in [0.29, 0.717) is 12.5 Å². The van der Waals surface area contributed by atoms with E-state index in [4.69, 9.17) is 18.0 Å². The SMILES string of the molecule is CC1(C)CC1CNS(=O)(=O)c1ccc(F)c(C(N)=S)c1. The molecule has 3 N–H and O–H groups in total. The van der Waals surface area contributed by atoms with E-state index < -0.39 is 15.8 Å². The first kappa shape index (κ1) is 15.3. The van der Waals surface area contributed by atoms with Gasteiger partial charge in [0, 0.05) is 12.1 Å². The monoisotopic (exact) mass is 316 g/mol. The summed E-state index contributed by atoms with van der Waals surface area (Å²) in [5.41, 5.74) is 5.50. The summed E-state index contributed by atoms with van der Waals surface area (Å²) in [5, 5.41) is 0. The molecule has 20 heavy (non-hydrogen) atoms. The molecule has 0 aliphatic heterocycles. The number of hydrogen-bond acceptors (Lipinski definition) is 3. The van der Waals surface area contributed by atoms with Crippen LogP contribution in [-0.4, -0.2) is 20.0 Å². The zero-order valence-corrected chi connectivity index (χ0v) is 12.9. The van der Waals surface area contributed by atoms with Crippen molar-refractivity contribution in [3.05, 3.63) is 29.6 Å².